The van der Waals surface area contributed by atoms with Crippen molar-refractivity contribution in [2.24, 2.45) is 0 Å². The molecule has 1 fully saturated rings. The van der Waals surface area contributed by atoms with E-state index >= 15 is 0 Å². The Morgan fingerprint density at radius 2 is 2.13 bits per heavy atom. The van der Waals surface area contributed by atoms with Crippen LogP contribution in [0.4, 0.5) is 0 Å². The Bertz CT molecular complexity index is 710. The van der Waals surface area contributed by atoms with Gasteiger partial charge in [-0.1, -0.05) is 24.3 Å². The summed E-state index contributed by atoms with van der Waals surface area (Å²) in [5, 5.41) is 10.9. The molecular formula is C18H23N3O2. The summed E-state index contributed by atoms with van der Waals surface area (Å²) in [4.78, 5) is 18.4. The Morgan fingerprint density at radius 1 is 1.35 bits per heavy atom. The Morgan fingerprint density at radius 3 is 2.83 bits per heavy atom. The average Bonchev–Trinajstić information content (AvgIpc) is 3.12. The van der Waals surface area contributed by atoms with Crippen LogP contribution in [-0.2, 0) is 16.9 Å². The summed E-state index contributed by atoms with van der Waals surface area (Å²) in [5.74, 6) is 0.998. The zero-order chi connectivity index (χ0) is 16.4. The monoisotopic (exact) mass is 313 g/mol. The number of amides is 1. The normalized spacial score (nSPS) is 20.9. The van der Waals surface area contributed by atoms with Crippen LogP contribution in [0.25, 0.3) is 0 Å². The van der Waals surface area contributed by atoms with Crippen LogP contribution < -0.4 is 0 Å². The highest BCUT2D eigenvalue weighted by molar-refractivity contribution is 5.76. The number of hydrogen-bond donors (Lipinski definition) is 1. The Hall–Kier alpha value is -2.14. The molecule has 1 aromatic heterocycles. The number of β-amino-alcohol motifs (C(OH)–C–C–N with tert-alkyl or cyclic N) is 1. The molecule has 0 spiro atoms. The molecule has 0 saturated carbocycles. The molecule has 122 valence electrons. The first-order valence-electron chi connectivity index (χ1n) is 8.03. The summed E-state index contributed by atoms with van der Waals surface area (Å²) >= 11 is 0. The number of likely N-dealkylation sites (tertiary alicyclic amines) is 1. The van der Waals surface area contributed by atoms with Gasteiger partial charge in [0.2, 0.25) is 5.91 Å². The minimum Gasteiger partial charge on any atom is -0.383 e. The SMILES string of the molecule is Cc1ccccc1C1(O)CCN(C(=O)CCn2ccnc2C)C1. The molecule has 1 aromatic carbocycles. The van der Waals surface area contributed by atoms with E-state index in [0.717, 1.165) is 17.0 Å². The van der Waals surface area contributed by atoms with Crippen LogP contribution in [0.5, 0.6) is 0 Å². The zero-order valence-corrected chi connectivity index (χ0v) is 13.7. The molecule has 1 saturated heterocycles. The van der Waals surface area contributed by atoms with Gasteiger partial charge >= 0.3 is 0 Å². The molecule has 23 heavy (non-hydrogen) atoms. The van der Waals surface area contributed by atoms with Gasteiger partial charge in [-0.2, -0.15) is 0 Å². The topological polar surface area (TPSA) is 58.4 Å². The second-order valence-electron chi connectivity index (χ2n) is 6.33. The van der Waals surface area contributed by atoms with Crippen LogP contribution in [0.3, 0.4) is 0 Å². The number of carbonyl (C=O) groups excluding carboxylic acids is 1. The number of imidazole rings is 1. The largest absolute Gasteiger partial charge is 0.383 e. The first-order valence-corrected chi connectivity index (χ1v) is 8.03. The molecule has 1 unspecified atom stereocenters. The van der Waals surface area contributed by atoms with E-state index in [1.165, 1.54) is 0 Å². The predicted molar refractivity (Wildman–Crippen MR) is 87.9 cm³/mol. The van der Waals surface area contributed by atoms with Gasteiger partial charge in [0.25, 0.3) is 0 Å². The van der Waals surface area contributed by atoms with Crippen LogP contribution in [0, 0.1) is 13.8 Å². The van der Waals surface area contributed by atoms with E-state index in [9.17, 15) is 9.90 Å². The van der Waals surface area contributed by atoms with Crippen molar-refractivity contribution in [2.75, 3.05) is 13.1 Å². The van der Waals surface area contributed by atoms with Crippen LogP contribution in [-0.4, -0.2) is 38.6 Å². The van der Waals surface area contributed by atoms with Crippen molar-refractivity contribution >= 4 is 5.91 Å². The van der Waals surface area contributed by atoms with E-state index in [0.29, 0.717) is 32.5 Å². The molecule has 2 aromatic rings. The third-order valence-corrected chi connectivity index (χ3v) is 4.74. The van der Waals surface area contributed by atoms with Crippen LogP contribution in [0.15, 0.2) is 36.7 Å². The quantitative estimate of drug-likeness (QED) is 0.939. The van der Waals surface area contributed by atoms with Gasteiger partial charge in [0, 0.05) is 31.9 Å². The molecule has 3 rings (SSSR count). The maximum atomic E-state index is 12.4. The van der Waals surface area contributed by atoms with Crippen molar-refractivity contribution in [2.45, 2.75) is 38.8 Å². The number of carbonyl (C=O) groups is 1. The van der Waals surface area contributed by atoms with E-state index < -0.39 is 5.60 Å². The highest BCUT2D eigenvalue weighted by Gasteiger charge is 2.40. The lowest BCUT2D eigenvalue weighted by Crippen LogP contribution is -2.35. The van der Waals surface area contributed by atoms with Gasteiger partial charge in [-0.25, -0.2) is 4.98 Å². The van der Waals surface area contributed by atoms with Gasteiger partial charge in [0.15, 0.2) is 0 Å². The third kappa shape index (κ3) is 3.15. The fourth-order valence-electron chi connectivity index (χ4n) is 3.34. The lowest BCUT2D eigenvalue weighted by Gasteiger charge is -2.25. The average molecular weight is 313 g/mol. The fourth-order valence-corrected chi connectivity index (χ4v) is 3.34. The highest BCUT2D eigenvalue weighted by atomic mass is 16.3. The van der Waals surface area contributed by atoms with Gasteiger partial charge in [-0.3, -0.25) is 4.79 Å². The number of nitrogens with zero attached hydrogens (tertiary/aromatic N) is 3. The fraction of sp³-hybridized carbons (Fsp3) is 0.444. The molecule has 1 atom stereocenters. The molecule has 0 radical (unpaired) electrons. The van der Waals surface area contributed by atoms with Gasteiger partial charge < -0.3 is 14.6 Å². The molecule has 1 amide bonds. The summed E-state index contributed by atoms with van der Waals surface area (Å²) in [6.07, 6.45) is 4.65. The van der Waals surface area contributed by atoms with Crippen molar-refractivity contribution in [3.8, 4) is 0 Å². The summed E-state index contributed by atoms with van der Waals surface area (Å²) in [5.41, 5.74) is 1.07. The maximum absolute atomic E-state index is 12.4. The number of benzene rings is 1. The molecular weight excluding hydrogens is 290 g/mol. The number of aryl methyl sites for hydroxylation is 3. The molecule has 1 N–H and O–H groups in total. The van der Waals surface area contributed by atoms with Crippen molar-refractivity contribution in [1.29, 1.82) is 0 Å². The van der Waals surface area contributed by atoms with E-state index in [4.69, 9.17) is 0 Å². The van der Waals surface area contributed by atoms with E-state index in [1.807, 2.05) is 48.9 Å². The Kier molecular flexibility index (Phi) is 4.22. The standard InChI is InChI=1S/C18H23N3O2/c1-14-5-3-4-6-16(14)18(23)8-11-21(13-18)17(22)7-10-20-12-9-19-15(20)2/h3-6,9,12,23H,7-8,10-11,13H2,1-2H3. The number of rotatable bonds is 4. The van der Waals surface area contributed by atoms with Crippen LogP contribution >= 0.6 is 0 Å². The summed E-state index contributed by atoms with van der Waals surface area (Å²) in [6.45, 7) is 5.53. The second kappa shape index (κ2) is 6.16. The van der Waals surface area contributed by atoms with Crippen LogP contribution in [0.1, 0.15) is 29.8 Å². The molecule has 5 heteroatoms. The van der Waals surface area contributed by atoms with Crippen molar-refractivity contribution < 1.29 is 9.90 Å². The number of aromatic nitrogens is 2. The molecule has 5 nitrogen and oxygen atoms in total. The molecule has 1 aliphatic heterocycles. The maximum Gasteiger partial charge on any atom is 0.224 e. The molecule has 1 aliphatic rings. The lowest BCUT2D eigenvalue weighted by molar-refractivity contribution is -0.131. The van der Waals surface area contributed by atoms with Crippen molar-refractivity contribution in [3.05, 3.63) is 53.6 Å². The molecule has 0 aliphatic carbocycles. The first kappa shape index (κ1) is 15.7. The minimum absolute atomic E-state index is 0.0857. The number of aliphatic hydroxyl groups is 1. The van der Waals surface area contributed by atoms with Crippen molar-refractivity contribution in [3.63, 3.8) is 0 Å². The van der Waals surface area contributed by atoms with Gasteiger partial charge in [-0.05, 0) is 31.4 Å². The number of hydrogen-bond acceptors (Lipinski definition) is 3. The van der Waals surface area contributed by atoms with Crippen LogP contribution in [0.2, 0.25) is 0 Å². The van der Waals surface area contributed by atoms with Crippen molar-refractivity contribution in [1.82, 2.24) is 14.5 Å². The Balaban J connectivity index is 1.64. The summed E-state index contributed by atoms with van der Waals surface area (Å²) < 4.78 is 1.97. The second-order valence-corrected chi connectivity index (χ2v) is 6.33. The van der Waals surface area contributed by atoms with Gasteiger partial charge in [-0.15, -0.1) is 0 Å². The molecule has 2 heterocycles. The zero-order valence-electron chi connectivity index (χ0n) is 13.7. The smallest absolute Gasteiger partial charge is 0.224 e. The summed E-state index contributed by atoms with van der Waals surface area (Å²) in [7, 11) is 0. The summed E-state index contributed by atoms with van der Waals surface area (Å²) in [6, 6.07) is 7.86. The Labute approximate surface area is 136 Å². The van der Waals surface area contributed by atoms with E-state index in [2.05, 4.69) is 4.98 Å². The van der Waals surface area contributed by atoms with Gasteiger partial charge in [0.1, 0.15) is 11.4 Å². The lowest BCUT2D eigenvalue weighted by atomic mass is 9.89. The molecule has 0 bridgehead atoms. The highest BCUT2D eigenvalue weighted by Crippen LogP contribution is 2.34. The van der Waals surface area contributed by atoms with E-state index in [1.54, 1.807) is 11.1 Å². The van der Waals surface area contributed by atoms with E-state index in [-0.39, 0.29) is 5.91 Å². The first-order chi connectivity index (χ1) is 11.0. The van der Waals surface area contributed by atoms with Gasteiger partial charge in [0.05, 0.1) is 6.54 Å². The minimum atomic E-state index is -0.925. The third-order valence-electron chi connectivity index (χ3n) is 4.74. The predicted octanol–water partition coefficient (Wildman–Crippen LogP) is 2.01.